The Balaban J connectivity index is 1.34. The van der Waals surface area contributed by atoms with Crippen molar-refractivity contribution < 1.29 is 0 Å². The fourth-order valence-corrected chi connectivity index (χ4v) is 4.64. The molecule has 2 aromatic carbocycles. The van der Waals surface area contributed by atoms with Crippen molar-refractivity contribution in [1.29, 1.82) is 0 Å². The first kappa shape index (κ1) is 17.7. The third-order valence-corrected chi connectivity index (χ3v) is 6.02. The van der Waals surface area contributed by atoms with Gasteiger partial charge in [0.15, 0.2) is 0 Å². The summed E-state index contributed by atoms with van der Waals surface area (Å²) >= 11 is 0. The summed E-state index contributed by atoms with van der Waals surface area (Å²) < 4.78 is 0. The maximum absolute atomic E-state index is 6.33. The molecule has 0 aromatic heterocycles. The highest BCUT2D eigenvalue weighted by atomic mass is 15.1. The number of rotatable bonds is 5. The van der Waals surface area contributed by atoms with Gasteiger partial charge in [-0.15, -0.1) is 0 Å². The van der Waals surface area contributed by atoms with E-state index in [4.69, 9.17) is 5.73 Å². The average molecular weight is 350 g/mol. The lowest BCUT2D eigenvalue weighted by atomic mass is 10.0. The number of nitrogens with one attached hydrogen (secondary N) is 1. The lowest BCUT2D eigenvalue weighted by Crippen LogP contribution is -2.34. The van der Waals surface area contributed by atoms with E-state index in [1.54, 1.807) is 0 Å². The number of hydrogen-bond acceptors (Lipinski definition) is 3. The summed E-state index contributed by atoms with van der Waals surface area (Å²) in [4.78, 5) is 2.64. The Kier molecular flexibility index (Phi) is 5.68. The first-order chi connectivity index (χ1) is 12.8. The minimum Gasteiger partial charge on any atom is -0.324 e. The van der Waals surface area contributed by atoms with E-state index in [9.17, 15) is 0 Å². The predicted octanol–water partition coefficient (Wildman–Crippen LogP) is 4.02. The molecule has 0 radical (unpaired) electrons. The first-order valence-electron chi connectivity index (χ1n) is 10.1. The van der Waals surface area contributed by atoms with Crippen molar-refractivity contribution in [2.24, 2.45) is 11.7 Å². The Hall–Kier alpha value is -1.68. The molecule has 2 aromatic rings. The second kappa shape index (κ2) is 8.34. The van der Waals surface area contributed by atoms with E-state index in [2.05, 4.69) is 64.8 Å². The van der Waals surface area contributed by atoms with Crippen LogP contribution >= 0.6 is 0 Å². The average Bonchev–Trinajstić information content (AvgIpc) is 2.84. The number of likely N-dealkylation sites (tertiary alicyclic amines) is 1. The highest BCUT2D eigenvalue weighted by Gasteiger charge is 2.28. The minimum atomic E-state index is 0.187. The van der Waals surface area contributed by atoms with Crippen LogP contribution in [0.15, 0.2) is 54.6 Å². The molecule has 26 heavy (non-hydrogen) atoms. The van der Waals surface area contributed by atoms with E-state index < -0.39 is 0 Å². The number of nitrogens with two attached hydrogens (primary N) is 1. The van der Waals surface area contributed by atoms with Gasteiger partial charge in [-0.25, -0.2) is 0 Å². The molecule has 1 heterocycles. The smallest absolute Gasteiger partial charge is 0.0341 e. The summed E-state index contributed by atoms with van der Waals surface area (Å²) in [7, 11) is 0. The molecule has 0 bridgehead atoms. The highest BCUT2D eigenvalue weighted by molar-refractivity contribution is 5.37. The van der Waals surface area contributed by atoms with Crippen LogP contribution in [-0.2, 0) is 6.54 Å². The molecule has 3 unspecified atom stereocenters. The van der Waals surface area contributed by atoms with Crippen molar-refractivity contribution in [3.05, 3.63) is 71.3 Å². The van der Waals surface area contributed by atoms with Gasteiger partial charge in [0.1, 0.15) is 0 Å². The van der Waals surface area contributed by atoms with Gasteiger partial charge in [0.05, 0.1) is 0 Å². The largest absolute Gasteiger partial charge is 0.324 e. The molecule has 1 aliphatic heterocycles. The van der Waals surface area contributed by atoms with Crippen molar-refractivity contribution in [3.63, 3.8) is 0 Å². The second-order valence-electron chi connectivity index (χ2n) is 8.01. The summed E-state index contributed by atoms with van der Waals surface area (Å²) in [5, 5.41) is 3.84. The summed E-state index contributed by atoms with van der Waals surface area (Å²) in [5.74, 6) is 0.727. The molecule has 1 saturated heterocycles. The standard InChI is InChI=1S/C23H31N3/c24-22-14-23(21-12-5-4-11-20(21)22)25-15-19-10-6-7-13-26(17-19)16-18-8-2-1-3-9-18/h1-5,8-9,11-12,19,22-23,25H,6-7,10,13-17,24H2. The maximum Gasteiger partial charge on any atom is 0.0341 e. The molecule has 0 saturated carbocycles. The van der Waals surface area contributed by atoms with E-state index in [-0.39, 0.29) is 6.04 Å². The van der Waals surface area contributed by atoms with Gasteiger partial charge in [0.25, 0.3) is 0 Å². The molecule has 3 N–H and O–H groups in total. The molecule has 138 valence electrons. The van der Waals surface area contributed by atoms with Crippen molar-refractivity contribution in [1.82, 2.24) is 10.2 Å². The second-order valence-corrected chi connectivity index (χ2v) is 8.01. The predicted molar refractivity (Wildman–Crippen MR) is 108 cm³/mol. The Morgan fingerprint density at radius 1 is 0.962 bits per heavy atom. The molecule has 3 heteroatoms. The summed E-state index contributed by atoms with van der Waals surface area (Å²) in [6, 6.07) is 20.2. The van der Waals surface area contributed by atoms with E-state index in [0.717, 1.165) is 25.4 Å². The van der Waals surface area contributed by atoms with Crippen LogP contribution in [0.25, 0.3) is 0 Å². The minimum absolute atomic E-state index is 0.187. The number of fused-ring (bicyclic) bond motifs is 1. The van der Waals surface area contributed by atoms with Crippen LogP contribution in [0.2, 0.25) is 0 Å². The van der Waals surface area contributed by atoms with Crippen molar-refractivity contribution in [2.75, 3.05) is 19.6 Å². The molecular formula is C23H31N3. The fraction of sp³-hybridized carbons (Fsp3) is 0.478. The van der Waals surface area contributed by atoms with Crippen LogP contribution in [-0.4, -0.2) is 24.5 Å². The first-order valence-corrected chi connectivity index (χ1v) is 10.1. The summed E-state index contributed by atoms with van der Waals surface area (Å²) in [6.07, 6.45) is 5.03. The SMILES string of the molecule is NC1CC(NCC2CCCCN(Cc3ccccc3)C2)c2ccccc21. The Labute approximate surface area is 157 Å². The number of hydrogen-bond donors (Lipinski definition) is 2. The normalized spacial score (nSPS) is 26.4. The lowest BCUT2D eigenvalue weighted by Gasteiger charge is -2.26. The van der Waals surface area contributed by atoms with Crippen LogP contribution in [0.5, 0.6) is 0 Å². The van der Waals surface area contributed by atoms with Gasteiger partial charge in [-0.3, -0.25) is 4.90 Å². The molecule has 3 atom stereocenters. The van der Waals surface area contributed by atoms with Gasteiger partial charge in [0.2, 0.25) is 0 Å². The van der Waals surface area contributed by atoms with Crippen molar-refractivity contribution >= 4 is 0 Å². The van der Waals surface area contributed by atoms with Gasteiger partial charge in [-0.1, -0.05) is 61.0 Å². The topological polar surface area (TPSA) is 41.3 Å². The van der Waals surface area contributed by atoms with Crippen LogP contribution < -0.4 is 11.1 Å². The number of nitrogens with zero attached hydrogens (tertiary/aromatic N) is 1. The highest BCUT2D eigenvalue weighted by Crippen LogP contribution is 2.37. The molecule has 2 aliphatic rings. The fourth-order valence-electron chi connectivity index (χ4n) is 4.64. The van der Waals surface area contributed by atoms with E-state index in [0.29, 0.717) is 6.04 Å². The van der Waals surface area contributed by atoms with Crippen LogP contribution in [0.1, 0.15) is 54.5 Å². The van der Waals surface area contributed by atoms with Gasteiger partial charge < -0.3 is 11.1 Å². The van der Waals surface area contributed by atoms with E-state index in [1.165, 1.54) is 49.0 Å². The van der Waals surface area contributed by atoms with Gasteiger partial charge in [-0.05, 0) is 55.0 Å². The van der Waals surface area contributed by atoms with E-state index in [1.807, 2.05) is 0 Å². The molecule has 0 spiro atoms. The van der Waals surface area contributed by atoms with Crippen molar-refractivity contribution in [3.8, 4) is 0 Å². The Bertz CT molecular complexity index is 700. The van der Waals surface area contributed by atoms with Crippen LogP contribution in [0, 0.1) is 5.92 Å². The van der Waals surface area contributed by atoms with Crippen molar-refractivity contribution in [2.45, 2.75) is 44.3 Å². The molecular weight excluding hydrogens is 318 g/mol. The zero-order valence-corrected chi connectivity index (χ0v) is 15.6. The van der Waals surface area contributed by atoms with Gasteiger partial charge in [-0.2, -0.15) is 0 Å². The zero-order valence-electron chi connectivity index (χ0n) is 15.6. The summed E-state index contributed by atoms with van der Waals surface area (Å²) in [6.45, 7) is 4.59. The summed E-state index contributed by atoms with van der Waals surface area (Å²) in [5.41, 5.74) is 10.5. The van der Waals surface area contributed by atoms with Gasteiger partial charge in [0, 0.05) is 25.2 Å². The Morgan fingerprint density at radius 3 is 2.58 bits per heavy atom. The van der Waals surface area contributed by atoms with Crippen LogP contribution in [0.3, 0.4) is 0 Å². The molecule has 1 fully saturated rings. The molecule has 0 amide bonds. The molecule has 3 nitrogen and oxygen atoms in total. The maximum atomic E-state index is 6.33. The molecule has 1 aliphatic carbocycles. The quantitative estimate of drug-likeness (QED) is 0.856. The molecule has 4 rings (SSSR count). The van der Waals surface area contributed by atoms with Crippen LogP contribution in [0.4, 0.5) is 0 Å². The third kappa shape index (κ3) is 4.17. The monoisotopic (exact) mass is 349 g/mol. The van der Waals surface area contributed by atoms with E-state index >= 15 is 0 Å². The van der Waals surface area contributed by atoms with Gasteiger partial charge >= 0.3 is 0 Å². The zero-order chi connectivity index (χ0) is 17.8. The Morgan fingerprint density at radius 2 is 1.73 bits per heavy atom. The third-order valence-electron chi connectivity index (χ3n) is 6.02. The number of benzene rings is 2. The lowest BCUT2D eigenvalue weighted by molar-refractivity contribution is 0.234.